The Balaban J connectivity index is 2.12. The molecule has 4 unspecified atom stereocenters. The van der Waals surface area contributed by atoms with E-state index in [9.17, 15) is 9.90 Å². The van der Waals surface area contributed by atoms with E-state index in [4.69, 9.17) is 9.84 Å². The molecular formula is C20H36O4. The van der Waals surface area contributed by atoms with Crippen LogP contribution in [0.2, 0.25) is 0 Å². The van der Waals surface area contributed by atoms with E-state index in [0.29, 0.717) is 12.8 Å². The van der Waals surface area contributed by atoms with E-state index >= 15 is 0 Å². The average molecular weight is 341 g/mol. The molecule has 0 aromatic heterocycles. The monoisotopic (exact) mass is 340 g/mol. The number of unbranched alkanes of at least 4 members (excludes halogenated alkanes) is 7. The Kier molecular flexibility index (Phi) is 9.60. The molecule has 2 N–H and O–H groups in total. The third-order valence-corrected chi connectivity index (χ3v) is 4.89. The van der Waals surface area contributed by atoms with Crippen LogP contribution < -0.4 is 0 Å². The summed E-state index contributed by atoms with van der Waals surface area (Å²) >= 11 is 0. The molecule has 0 aromatic rings. The van der Waals surface area contributed by atoms with Gasteiger partial charge in [0.25, 0.3) is 0 Å². The fourth-order valence-electron chi connectivity index (χ4n) is 3.05. The molecule has 24 heavy (non-hydrogen) atoms. The standard InChI is InChI=1S/C20H36O4/c1-4-5-6-7-8-9-10-11-12-15-20(3,23)18-17(24-18)14-13-16(2)19(21)22/h12,15-18,23H,4-11,13-14H2,1-3H3,(H,21,22)/b15-12-. The van der Waals surface area contributed by atoms with E-state index in [-0.39, 0.29) is 18.1 Å². The van der Waals surface area contributed by atoms with Crippen molar-refractivity contribution in [3.05, 3.63) is 12.2 Å². The number of carboxylic acids is 1. The highest BCUT2D eigenvalue weighted by Crippen LogP contribution is 2.37. The van der Waals surface area contributed by atoms with Crippen molar-refractivity contribution < 1.29 is 19.7 Å². The number of hydrogen-bond donors (Lipinski definition) is 2. The zero-order valence-electron chi connectivity index (χ0n) is 15.7. The van der Waals surface area contributed by atoms with Gasteiger partial charge in [0.2, 0.25) is 0 Å². The zero-order valence-corrected chi connectivity index (χ0v) is 15.7. The Morgan fingerprint density at radius 1 is 1.21 bits per heavy atom. The minimum atomic E-state index is -0.946. The molecule has 0 amide bonds. The number of allylic oxidation sites excluding steroid dienone is 1. The Bertz CT molecular complexity index is 389. The third-order valence-electron chi connectivity index (χ3n) is 4.89. The third kappa shape index (κ3) is 8.29. The van der Waals surface area contributed by atoms with Crippen molar-refractivity contribution in [3.63, 3.8) is 0 Å². The predicted molar refractivity (Wildman–Crippen MR) is 97.1 cm³/mol. The Hall–Kier alpha value is -0.870. The molecule has 4 atom stereocenters. The number of rotatable bonds is 14. The molecule has 1 fully saturated rings. The van der Waals surface area contributed by atoms with Crippen LogP contribution in [-0.4, -0.2) is 34.0 Å². The SMILES string of the molecule is CCCCCCCCC/C=C\C(C)(O)C1OC1CCC(C)C(=O)O. The number of carboxylic acid groups (broad SMARTS) is 1. The Labute approximate surface area is 147 Å². The van der Waals surface area contributed by atoms with Gasteiger partial charge >= 0.3 is 5.97 Å². The molecule has 1 heterocycles. The van der Waals surface area contributed by atoms with Gasteiger partial charge in [0.15, 0.2) is 0 Å². The van der Waals surface area contributed by atoms with Crippen LogP contribution in [0.15, 0.2) is 12.2 Å². The molecule has 0 radical (unpaired) electrons. The van der Waals surface area contributed by atoms with Gasteiger partial charge in [-0.3, -0.25) is 4.79 Å². The lowest BCUT2D eigenvalue weighted by molar-refractivity contribution is -0.141. The van der Waals surface area contributed by atoms with E-state index in [2.05, 4.69) is 13.0 Å². The summed E-state index contributed by atoms with van der Waals surface area (Å²) < 4.78 is 5.55. The Morgan fingerprint density at radius 2 is 1.83 bits per heavy atom. The average Bonchev–Trinajstić information content (AvgIpc) is 3.31. The molecule has 0 bridgehead atoms. The highest BCUT2D eigenvalue weighted by atomic mass is 16.6. The maximum atomic E-state index is 10.8. The smallest absolute Gasteiger partial charge is 0.306 e. The van der Waals surface area contributed by atoms with E-state index < -0.39 is 11.6 Å². The van der Waals surface area contributed by atoms with Crippen LogP contribution in [0.3, 0.4) is 0 Å². The van der Waals surface area contributed by atoms with Crippen LogP contribution in [0, 0.1) is 5.92 Å². The van der Waals surface area contributed by atoms with E-state index in [0.717, 1.165) is 6.42 Å². The van der Waals surface area contributed by atoms with Gasteiger partial charge in [-0.05, 0) is 32.6 Å². The first-order valence-corrected chi connectivity index (χ1v) is 9.66. The van der Waals surface area contributed by atoms with Crippen LogP contribution in [0.5, 0.6) is 0 Å². The summed E-state index contributed by atoms with van der Waals surface area (Å²) in [5, 5.41) is 19.4. The largest absolute Gasteiger partial charge is 0.481 e. The van der Waals surface area contributed by atoms with E-state index in [1.54, 1.807) is 13.8 Å². The maximum Gasteiger partial charge on any atom is 0.306 e. The summed E-state index contributed by atoms with van der Waals surface area (Å²) in [5.41, 5.74) is -0.946. The highest BCUT2D eigenvalue weighted by Gasteiger charge is 2.49. The lowest BCUT2D eigenvalue weighted by Gasteiger charge is -2.16. The molecule has 1 saturated heterocycles. The molecule has 0 saturated carbocycles. The number of aliphatic hydroxyl groups is 1. The van der Waals surface area contributed by atoms with Crippen LogP contribution in [0.1, 0.15) is 85.0 Å². The first kappa shape index (κ1) is 21.2. The zero-order chi connectivity index (χ0) is 18.0. The molecule has 0 aromatic carbocycles. The van der Waals surface area contributed by atoms with Crippen molar-refractivity contribution in [2.24, 2.45) is 5.92 Å². The summed E-state index contributed by atoms with van der Waals surface area (Å²) in [6.45, 7) is 5.72. The molecule has 1 rings (SSSR count). The van der Waals surface area contributed by atoms with Gasteiger partial charge in [0, 0.05) is 0 Å². The van der Waals surface area contributed by atoms with Crippen LogP contribution in [-0.2, 0) is 9.53 Å². The normalized spacial score (nSPS) is 24.0. The van der Waals surface area contributed by atoms with Gasteiger partial charge in [0.1, 0.15) is 11.7 Å². The predicted octanol–water partition coefficient (Wildman–Crippen LogP) is 4.70. The van der Waals surface area contributed by atoms with Gasteiger partial charge in [0.05, 0.1) is 12.0 Å². The van der Waals surface area contributed by atoms with Crippen molar-refractivity contribution in [1.82, 2.24) is 0 Å². The summed E-state index contributed by atoms with van der Waals surface area (Å²) in [7, 11) is 0. The maximum absolute atomic E-state index is 10.8. The number of ether oxygens (including phenoxy) is 1. The lowest BCUT2D eigenvalue weighted by Crippen LogP contribution is -2.30. The van der Waals surface area contributed by atoms with Gasteiger partial charge in [-0.25, -0.2) is 0 Å². The second kappa shape index (κ2) is 10.9. The highest BCUT2D eigenvalue weighted by molar-refractivity contribution is 5.69. The molecule has 0 aliphatic carbocycles. The molecule has 0 spiro atoms. The van der Waals surface area contributed by atoms with Gasteiger partial charge in [-0.2, -0.15) is 0 Å². The first-order chi connectivity index (χ1) is 11.4. The van der Waals surface area contributed by atoms with Crippen molar-refractivity contribution >= 4 is 5.97 Å². The fraction of sp³-hybridized carbons (Fsp3) is 0.850. The molecular weight excluding hydrogens is 304 g/mol. The molecule has 4 nitrogen and oxygen atoms in total. The van der Waals surface area contributed by atoms with E-state index in [1.165, 1.54) is 44.9 Å². The topological polar surface area (TPSA) is 70.1 Å². The second-order valence-electron chi connectivity index (χ2n) is 7.45. The summed E-state index contributed by atoms with van der Waals surface area (Å²) in [5.74, 6) is -1.12. The van der Waals surface area contributed by atoms with E-state index in [1.807, 2.05) is 6.08 Å². The molecule has 1 aliphatic rings. The number of aliphatic carboxylic acids is 1. The van der Waals surface area contributed by atoms with Crippen LogP contribution in [0.25, 0.3) is 0 Å². The Morgan fingerprint density at radius 3 is 2.46 bits per heavy atom. The quantitative estimate of drug-likeness (QED) is 0.273. The molecule has 1 aliphatic heterocycles. The summed E-state index contributed by atoms with van der Waals surface area (Å²) in [4.78, 5) is 10.8. The summed E-state index contributed by atoms with van der Waals surface area (Å²) in [6.07, 6.45) is 15.0. The number of hydrogen-bond acceptors (Lipinski definition) is 3. The number of epoxide rings is 1. The molecule has 4 heteroatoms. The first-order valence-electron chi connectivity index (χ1n) is 9.66. The number of carbonyl (C=O) groups is 1. The summed E-state index contributed by atoms with van der Waals surface area (Å²) in [6, 6.07) is 0. The van der Waals surface area contributed by atoms with Crippen molar-refractivity contribution in [1.29, 1.82) is 0 Å². The van der Waals surface area contributed by atoms with Gasteiger partial charge < -0.3 is 14.9 Å². The van der Waals surface area contributed by atoms with Crippen molar-refractivity contribution in [2.45, 2.75) is 103 Å². The van der Waals surface area contributed by atoms with Crippen LogP contribution in [0.4, 0.5) is 0 Å². The minimum Gasteiger partial charge on any atom is -0.481 e. The lowest BCUT2D eigenvalue weighted by atomic mass is 9.95. The van der Waals surface area contributed by atoms with Crippen LogP contribution >= 0.6 is 0 Å². The van der Waals surface area contributed by atoms with Crippen molar-refractivity contribution in [2.75, 3.05) is 0 Å². The van der Waals surface area contributed by atoms with Gasteiger partial charge in [-0.15, -0.1) is 0 Å². The van der Waals surface area contributed by atoms with Crippen molar-refractivity contribution in [3.8, 4) is 0 Å². The van der Waals surface area contributed by atoms with Gasteiger partial charge in [-0.1, -0.05) is 64.5 Å². The molecule has 140 valence electrons. The minimum absolute atomic E-state index is 0.00924. The second-order valence-corrected chi connectivity index (χ2v) is 7.45. The fourth-order valence-corrected chi connectivity index (χ4v) is 3.05.